The van der Waals surface area contributed by atoms with E-state index in [2.05, 4.69) is 26.2 Å². The smallest absolute Gasteiger partial charge is 0.138 e. The second-order valence-corrected chi connectivity index (χ2v) is 5.04. The first-order chi connectivity index (χ1) is 7.84. The van der Waals surface area contributed by atoms with Crippen LogP contribution in [0.2, 0.25) is 0 Å². The number of pyridine rings is 1. The van der Waals surface area contributed by atoms with E-state index in [4.69, 9.17) is 4.74 Å². The van der Waals surface area contributed by atoms with Gasteiger partial charge in [0.05, 0.1) is 12.8 Å². The zero-order chi connectivity index (χ0) is 11.2. The summed E-state index contributed by atoms with van der Waals surface area (Å²) < 4.78 is 6.62. The Morgan fingerprint density at radius 1 is 1.44 bits per heavy atom. The first-order valence-corrected chi connectivity index (χ1v) is 6.60. The predicted octanol–water partition coefficient (Wildman–Crippen LogP) is 2.76. The lowest BCUT2D eigenvalue weighted by atomic mass is 10.0. The van der Waals surface area contributed by atoms with Gasteiger partial charge in [-0.15, -0.1) is 0 Å². The third-order valence-corrected chi connectivity index (χ3v) is 3.26. The van der Waals surface area contributed by atoms with Crippen molar-refractivity contribution in [1.82, 2.24) is 10.3 Å². The summed E-state index contributed by atoms with van der Waals surface area (Å²) in [7, 11) is 0. The van der Waals surface area contributed by atoms with Crippen molar-refractivity contribution in [2.24, 2.45) is 0 Å². The molecule has 0 aliphatic carbocycles. The quantitative estimate of drug-likeness (QED) is 0.923. The molecule has 1 aliphatic rings. The van der Waals surface area contributed by atoms with E-state index in [-0.39, 0.29) is 0 Å². The van der Waals surface area contributed by atoms with Crippen molar-refractivity contribution in [3.05, 3.63) is 22.9 Å². The van der Waals surface area contributed by atoms with Crippen molar-refractivity contribution in [2.75, 3.05) is 13.2 Å². The van der Waals surface area contributed by atoms with E-state index in [0.717, 1.165) is 29.8 Å². The molecule has 1 N–H and O–H groups in total. The number of nitrogens with zero attached hydrogens (tertiary/aromatic N) is 1. The Bertz CT molecular complexity index is 327. The molecule has 2 heterocycles. The number of hydrogen-bond donors (Lipinski definition) is 1. The van der Waals surface area contributed by atoms with Crippen LogP contribution >= 0.6 is 15.9 Å². The lowest BCUT2D eigenvalue weighted by Crippen LogP contribution is -2.35. The molecule has 0 amide bonds. The van der Waals surface area contributed by atoms with Gasteiger partial charge in [0.1, 0.15) is 5.75 Å². The van der Waals surface area contributed by atoms with Gasteiger partial charge in [-0.1, -0.05) is 6.42 Å². The molecule has 2 rings (SSSR count). The number of hydrogen-bond acceptors (Lipinski definition) is 3. The van der Waals surface area contributed by atoms with Crippen LogP contribution in [-0.4, -0.2) is 24.2 Å². The molecular weight excluding hydrogens is 268 g/mol. The summed E-state index contributed by atoms with van der Waals surface area (Å²) >= 11 is 3.38. The van der Waals surface area contributed by atoms with Crippen LogP contribution in [0, 0.1) is 0 Å². The Hall–Kier alpha value is -0.610. The number of nitrogens with one attached hydrogen (secondary N) is 1. The van der Waals surface area contributed by atoms with Crippen LogP contribution in [0.4, 0.5) is 0 Å². The van der Waals surface area contributed by atoms with Gasteiger partial charge in [0.25, 0.3) is 0 Å². The second-order valence-electron chi connectivity index (χ2n) is 4.12. The highest BCUT2D eigenvalue weighted by molar-refractivity contribution is 9.10. The van der Waals surface area contributed by atoms with Crippen LogP contribution in [0.5, 0.6) is 5.75 Å². The predicted molar refractivity (Wildman–Crippen MR) is 67.7 cm³/mol. The third kappa shape index (κ3) is 3.76. The molecule has 88 valence electrons. The molecule has 1 atom stereocenters. The summed E-state index contributed by atoms with van der Waals surface area (Å²) in [5, 5.41) is 3.51. The largest absolute Gasteiger partial charge is 0.492 e. The first kappa shape index (κ1) is 11.9. The molecule has 1 fully saturated rings. The van der Waals surface area contributed by atoms with Crippen molar-refractivity contribution >= 4 is 15.9 Å². The number of piperidine rings is 1. The van der Waals surface area contributed by atoms with Crippen LogP contribution in [-0.2, 0) is 0 Å². The van der Waals surface area contributed by atoms with Crippen molar-refractivity contribution in [3.63, 3.8) is 0 Å². The normalized spacial score (nSPS) is 20.7. The van der Waals surface area contributed by atoms with Crippen molar-refractivity contribution in [3.8, 4) is 5.75 Å². The van der Waals surface area contributed by atoms with Gasteiger partial charge in [0.15, 0.2) is 0 Å². The topological polar surface area (TPSA) is 34.1 Å². The second kappa shape index (κ2) is 6.21. The number of aromatic nitrogens is 1. The van der Waals surface area contributed by atoms with Gasteiger partial charge < -0.3 is 10.1 Å². The molecule has 0 aromatic carbocycles. The van der Waals surface area contributed by atoms with Gasteiger partial charge in [-0.25, -0.2) is 0 Å². The highest BCUT2D eigenvalue weighted by atomic mass is 79.9. The molecule has 4 heteroatoms. The fourth-order valence-electron chi connectivity index (χ4n) is 1.96. The molecule has 1 saturated heterocycles. The Morgan fingerprint density at radius 3 is 3.12 bits per heavy atom. The number of ether oxygens (including phenoxy) is 1. The fourth-order valence-corrected chi connectivity index (χ4v) is 2.30. The van der Waals surface area contributed by atoms with Crippen molar-refractivity contribution in [1.29, 1.82) is 0 Å². The average Bonchev–Trinajstić information content (AvgIpc) is 2.30. The van der Waals surface area contributed by atoms with Crippen LogP contribution in [0.1, 0.15) is 25.7 Å². The van der Waals surface area contributed by atoms with Gasteiger partial charge in [0, 0.05) is 16.7 Å². The minimum absolute atomic E-state index is 0.633. The van der Waals surface area contributed by atoms with Gasteiger partial charge >= 0.3 is 0 Å². The molecule has 3 nitrogen and oxygen atoms in total. The van der Waals surface area contributed by atoms with Gasteiger partial charge in [0.2, 0.25) is 0 Å². The summed E-state index contributed by atoms with van der Waals surface area (Å²) in [4.78, 5) is 4.06. The Balaban J connectivity index is 1.71. The zero-order valence-corrected chi connectivity index (χ0v) is 10.9. The van der Waals surface area contributed by atoms with Crippen LogP contribution < -0.4 is 10.1 Å². The van der Waals surface area contributed by atoms with Gasteiger partial charge in [-0.3, -0.25) is 4.98 Å². The molecular formula is C12H17BrN2O. The molecule has 1 aromatic heterocycles. The molecule has 16 heavy (non-hydrogen) atoms. The molecule has 1 aliphatic heterocycles. The summed E-state index contributed by atoms with van der Waals surface area (Å²) in [6, 6.07) is 2.58. The Morgan fingerprint density at radius 2 is 2.38 bits per heavy atom. The van der Waals surface area contributed by atoms with E-state index in [9.17, 15) is 0 Å². The van der Waals surface area contributed by atoms with E-state index < -0.39 is 0 Å². The SMILES string of the molecule is Brc1cncc(OCCC2CCCCN2)c1. The number of rotatable bonds is 4. The highest BCUT2D eigenvalue weighted by Crippen LogP contribution is 2.16. The lowest BCUT2D eigenvalue weighted by Gasteiger charge is -2.23. The zero-order valence-electron chi connectivity index (χ0n) is 9.29. The maximum atomic E-state index is 5.66. The van der Waals surface area contributed by atoms with E-state index in [1.165, 1.54) is 19.3 Å². The maximum Gasteiger partial charge on any atom is 0.138 e. The van der Waals surface area contributed by atoms with Crippen LogP contribution in [0.3, 0.4) is 0 Å². The van der Waals surface area contributed by atoms with Gasteiger partial charge in [-0.2, -0.15) is 0 Å². The molecule has 0 radical (unpaired) electrons. The van der Waals surface area contributed by atoms with E-state index in [1.807, 2.05) is 6.07 Å². The number of halogens is 1. The third-order valence-electron chi connectivity index (χ3n) is 2.83. The summed E-state index contributed by atoms with van der Waals surface area (Å²) in [6.07, 6.45) is 8.52. The monoisotopic (exact) mass is 284 g/mol. The Labute approximate surface area is 105 Å². The van der Waals surface area contributed by atoms with Crippen molar-refractivity contribution < 1.29 is 4.74 Å². The van der Waals surface area contributed by atoms with Crippen LogP contribution in [0.25, 0.3) is 0 Å². The maximum absolute atomic E-state index is 5.66. The fraction of sp³-hybridized carbons (Fsp3) is 0.583. The summed E-state index contributed by atoms with van der Waals surface area (Å²) in [5.41, 5.74) is 0. The van der Waals surface area contributed by atoms with E-state index >= 15 is 0 Å². The summed E-state index contributed by atoms with van der Waals surface area (Å²) in [6.45, 7) is 1.92. The summed E-state index contributed by atoms with van der Waals surface area (Å²) in [5.74, 6) is 0.838. The van der Waals surface area contributed by atoms with Crippen molar-refractivity contribution in [2.45, 2.75) is 31.7 Å². The molecule has 1 aromatic rings. The highest BCUT2D eigenvalue weighted by Gasteiger charge is 2.11. The molecule has 0 saturated carbocycles. The van der Waals surface area contributed by atoms with E-state index in [0.29, 0.717) is 6.04 Å². The van der Waals surface area contributed by atoms with Gasteiger partial charge in [-0.05, 0) is 47.8 Å². The lowest BCUT2D eigenvalue weighted by molar-refractivity contribution is 0.267. The van der Waals surface area contributed by atoms with E-state index in [1.54, 1.807) is 12.4 Å². The minimum atomic E-state index is 0.633. The molecule has 1 unspecified atom stereocenters. The Kier molecular flexibility index (Phi) is 4.60. The first-order valence-electron chi connectivity index (χ1n) is 5.81. The standard InChI is InChI=1S/C12H17BrN2O/c13-10-7-12(9-14-8-10)16-6-4-11-3-1-2-5-15-11/h7-9,11,15H,1-6H2. The molecule has 0 bridgehead atoms. The van der Waals surface area contributed by atoms with Crippen LogP contribution in [0.15, 0.2) is 22.9 Å². The minimum Gasteiger partial charge on any atom is -0.492 e. The molecule has 0 spiro atoms. The average molecular weight is 285 g/mol.